The Morgan fingerprint density at radius 3 is 2.57 bits per heavy atom. The Kier molecular flexibility index (Phi) is 7.91. The number of aromatic nitrogens is 2. The van der Waals surface area contributed by atoms with Crippen LogP contribution < -0.4 is 0 Å². The van der Waals surface area contributed by atoms with E-state index in [-0.39, 0.29) is 36.1 Å². The molecule has 150 valence electrons. The highest BCUT2D eigenvalue weighted by Crippen LogP contribution is 2.30. The van der Waals surface area contributed by atoms with Gasteiger partial charge in [-0.2, -0.15) is 13.2 Å². The molecule has 1 aromatic heterocycles. The minimum Gasteiger partial charge on any atom is -0.466 e. The van der Waals surface area contributed by atoms with Crippen molar-refractivity contribution >= 4 is 11.7 Å². The van der Waals surface area contributed by atoms with E-state index < -0.39 is 11.7 Å². The molecule has 2 rings (SSSR count). The van der Waals surface area contributed by atoms with Crippen LogP contribution in [0.15, 0.2) is 47.9 Å². The van der Waals surface area contributed by atoms with Crippen molar-refractivity contribution in [3.8, 4) is 0 Å². The van der Waals surface area contributed by atoms with Crippen LogP contribution in [0.2, 0.25) is 0 Å². The number of nitrogens with zero attached hydrogens (tertiary/aromatic N) is 3. The number of rotatable bonds is 9. The number of halogens is 3. The predicted octanol–water partition coefficient (Wildman–Crippen LogP) is 4.00. The fourth-order valence-corrected chi connectivity index (χ4v) is 2.27. The third-order valence-corrected chi connectivity index (χ3v) is 3.57. The molecule has 9 heteroatoms. The van der Waals surface area contributed by atoms with E-state index in [0.29, 0.717) is 19.4 Å². The number of alkyl halides is 3. The van der Waals surface area contributed by atoms with Gasteiger partial charge in [0.15, 0.2) is 11.5 Å². The van der Waals surface area contributed by atoms with Crippen molar-refractivity contribution in [1.29, 1.82) is 0 Å². The van der Waals surface area contributed by atoms with E-state index in [1.54, 1.807) is 13.0 Å². The molecule has 0 saturated carbocycles. The van der Waals surface area contributed by atoms with Gasteiger partial charge in [-0.3, -0.25) is 4.79 Å². The summed E-state index contributed by atoms with van der Waals surface area (Å²) < 4.78 is 43.8. The molecule has 0 fully saturated rings. The van der Waals surface area contributed by atoms with Crippen LogP contribution >= 0.6 is 0 Å². The summed E-state index contributed by atoms with van der Waals surface area (Å²) >= 11 is 0. The van der Waals surface area contributed by atoms with Crippen molar-refractivity contribution in [2.75, 3.05) is 13.2 Å². The lowest BCUT2D eigenvalue weighted by Crippen LogP contribution is -2.12. The summed E-state index contributed by atoms with van der Waals surface area (Å²) in [4.78, 5) is 24.6. The average molecular weight is 395 g/mol. The number of benzene rings is 1. The molecule has 2 aromatic rings. The Balaban J connectivity index is 2.09. The van der Waals surface area contributed by atoms with Crippen LogP contribution in [0.25, 0.3) is 0 Å². The van der Waals surface area contributed by atoms with E-state index in [1.807, 2.05) is 0 Å². The van der Waals surface area contributed by atoms with E-state index in [4.69, 9.17) is 9.57 Å². The predicted molar refractivity (Wildman–Crippen MR) is 95.6 cm³/mol. The molecule has 0 atom stereocenters. The number of hydrogen-bond acceptors (Lipinski definition) is 6. The number of carbonyl (C=O) groups excluding carboxylic acids is 1. The minimum absolute atomic E-state index is 0.0945. The molecule has 0 aliphatic carbocycles. The first kappa shape index (κ1) is 21.3. The molecule has 0 bridgehead atoms. The summed E-state index contributed by atoms with van der Waals surface area (Å²) in [6.07, 6.45) is -0.200. The van der Waals surface area contributed by atoms with Crippen molar-refractivity contribution in [1.82, 2.24) is 9.97 Å². The highest BCUT2D eigenvalue weighted by Gasteiger charge is 2.31. The van der Waals surface area contributed by atoms with Crippen LogP contribution in [-0.2, 0) is 20.5 Å². The Labute approximate surface area is 160 Å². The second-order valence-corrected chi connectivity index (χ2v) is 5.69. The first-order chi connectivity index (χ1) is 13.4. The number of esters is 1. The zero-order chi connectivity index (χ0) is 20.4. The molecule has 0 saturated heterocycles. The zero-order valence-electron chi connectivity index (χ0n) is 15.3. The van der Waals surface area contributed by atoms with E-state index in [1.165, 1.54) is 24.5 Å². The number of carbonyl (C=O) groups is 1. The van der Waals surface area contributed by atoms with Gasteiger partial charge in [-0.15, -0.1) is 0 Å². The standard InChI is InChI=1S/C19H20F3N3O3/c1-2-27-16(26)9-3-4-12-28-25-17(18-23-10-6-11-24-18)14-7-5-8-15(13-14)19(20,21)22/h5-8,10-11,13H,2-4,9,12H2,1H3/b25-17-. The van der Waals surface area contributed by atoms with Gasteiger partial charge in [0.25, 0.3) is 0 Å². The monoisotopic (exact) mass is 395 g/mol. The third-order valence-electron chi connectivity index (χ3n) is 3.57. The maximum Gasteiger partial charge on any atom is 0.416 e. The fraction of sp³-hybridized carbons (Fsp3) is 0.368. The van der Waals surface area contributed by atoms with Gasteiger partial charge >= 0.3 is 12.1 Å². The Morgan fingerprint density at radius 2 is 1.89 bits per heavy atom. The van der Waals surface area contributed by atoms with Gasteiger partial charge in [-0.25, -0.2) is 9.97 Å². The molecule has 0 aliphatic rings. The summed E-state index contributed by atoms with van der Waals surface area (Å²) in [5, 5.41) is 3.95. The molecule has 0 spiro atoms. The normalized spacial score (nSPS) is 11.9. The highest BCUT2D eigenvalue weighted by atomic mass is 19.4. The van der Waals surface area contributed by atoms with Crippen LogP contribution in [0.4, 0.5) is 13.2 Å². The van der Waals surface area contributed by atoms with Gasteiger partial charge in [0.1, 0.15) is 6.61 Å². The molecule has 0 N–H and O–H groups in total. The maximum absolute atomic E-state index is 13.0. The SMILES string of the molecule is CCOC(=O)CCCCO/N=C(/c1cccc(C(F)(F)F)c1)c1ncccn1. The van der Waals surface area contributed by atoms with Gasteiger partial charge in [0.2, 0.25) is 0 Å². The van der Waals surface area contributed by atoms with Gasteiger partial charge in [0.05, 0.1) is 12.2 Å². The topological polar surface area (TPSA) is 73.7 Å². The summed E-state index contributed by atoms with van der Waals surface area (Å²) in [6, 6.07) is 6.30. The van der Waals surface area contributed by atoms with Gasteiger partial charge in [0, 0.05) is 24.4 Å². The zero-order valence-corrected chi connectivity index (χ0v) is 15.3. The largest absolute Gasteiger partial charge is 0.466 e. The molecule has 1 heterocycles. The van der Waals surface area contributed by atoms with Gasteiger partial charge < -0.3 is 9.57 Å². The molecular weight excluding hydrogens is 375 g/mol. The lowest BCUT2D eigenvalue weighted by Gasteiger charge is -2.10. The third kappa shape index (κ3) is 6.64. The van der Waals surface area contributed by atoms with Crippen LogP contribution in [0.5, 0.6) is 0 Å². The van der Waals surface area contributed by atoms with E-state index in [0.717, 1.165) is 12.1 Å². The quantitative estimate of drug-likeness (QED) is 0.278. The number of unbranched alkanes of at least 4 members (excludes halogenated alkanes) is 1. The number of hydrogen-bond donors (Lipinski definition) is 0. The van der Waals surface area contributed by atoms with Gasteiger partial charge in [-0.05, 0) is 38.0 Å². The smallest absolute Gasteiger partial charge is 0.416 e. The van der Waals surface area contributed by atoms with Crippen molar-refractivity contribution < 1.29 is 27.5 Å². The first-order valence-corrected chi connectivity index (χ1v) is 8.72. The number of oxime groups is 1. The molecule has 28 heavy (non-hydrogen) atoms. The molecular formula is C19H20F3N3O3. The van der Waals surface area contributed by atoms with Crippen molar-refractivity contribution in [2.24, 2.45) is 5.16 Å². The molecule has 6 nitrogen and oxygen atoms in total. The van der Waals surface area contributed by atoms with Crippen LogP contribution in [0.3, 0.4) is 0 Å². The molecule has 0 aliphatic heterocycles. The van der Waals surface area contributed by atoms with E-state index in [2.05, 4.69) is 15.1 Å². The molecule has 0 amide bonds. The fourth-order valence-electron chi connectivity index (χ4n) is 2.27. The summed E-state index contributed by atoms with van der Waals surface area (Å²) in [7, 11) is 0. The van der Waals surface area contributed by atoms with E-state index in [9.17, 15) is 18.0 Å². The Morgan fingerprint density at radius 1 is 1.14 bits per heavy atom. The second kappa shape index (κ2) is 10.4. The second-order valence-electron chi connectivity index (χ2n) is 5.69. The summed E-state index contributed by atoms with van der Waals surface area (Å²) in [5.41, 5.74) is -0.521. The highest BCUT2D eigenvalue weighted by molar-refractivity contribution is 6.10. The summed E-state index contributed by atoms with van der Waals surface area (Å²) in [5.74, 6) is -0.137. The van der Waals surface area contributed by atoms with Crippen LogP contribution in [0, 0.1) is 0 Å². The molecule has 0 unspecified atom stereocenters. The van der Waals surface area contributed by atoms with E-state index >= 15 is 0 Å². The van der Waals surface area contributed by atoms with Crippen LogP contribution in [0.1, 0.15) is 43.1 Å². The summed E-state index contributed by atoms with van der Waals surface area (Å²) in [6.45, 7) is 2.25. The number of ether oxygens (including phenoxy) is 1. The lowest BCUT2D eigenvalue weighted by molar-refractivity contribution is -0.143. The average Bonchev–Trinajstić information content (AvgIpc) is 2.68. The molecule has 1 aromatic carbocycles. The minimum atomic E-state index is -4.48. The van der Waals surface area contributed by atoms with Crippen molar-refractivity contribution in [3.63, 3.8) is 0 Å². The lowest BCUT2D eigenvalue weighted by atomic mass is 10.1. The van der Waals surface area contributed by atoms with Crippen molar-refractivity contribution in [3.05, 3.63) is 59.7 Å². The van der Waals surface area contributed by atoms with Crippen molar-refractivity contribution in [2.45, 2.75) is 32.4 Å². The Hall–Kier alpha value is -2.97. The maximum atomic E-state index is 13.0. The molecule has 0 radical (unpaired) electrons. The first-order valence-electron chi connectivity index (χ1n) is 8.72. The van der Waals surface area contributed by atoms with Gasteiger partial charge in [-0.1, -0.05) is 17.3 Å². The van der Waals surface area contributed by atoms with Crippen LogP contribution in [-0.4, -0.2) is 34.9 Å². The Bertz CT molecular complexity index is 796.